The smallest absolute Gasteiger partial charge is 0.266 e. The summed E-state index contributed by atoms with van der Waals surface area (Å²) in [6.45, 7) is 1.24. The van der Waals surface area contributed by atoms with Gasteiger partial charge in [0.25, 0.3) is 22.2 Å². The third-order valence-electron chi connectivity index (χ3n) is 5.17. The van der Waals surface area contributed by atoms with Crippen LogP contribution in [0.1, 0.15) is 16.5 Å². The molecule has 8 nitrogen and oxygen atoms in total. The number of sulfone groups is 1. The Morgan fingerprint density at radius 3 is 1.52 bits per heavy atom. The first kappa shape index (κ1) is 13.4. The van der Waals surface area contributed by atoms with Crippen molar-refractivity contribution in [1.82, 2.24) is 9.13 Å². The molecule has 0 N–H and O–H groups in total. The molecule has 0 saturated heterocycles. The molecule has 0 radical (unpaired) electrons. The fourth-order valence-corrected chi connectivity index (χ4v) is 4.38. The molecule has 5 rings (SSSR count). The van der Waals surface area contributed by atoms with Gasteiger partial charge in [-0.05, 0) is 55.3 Å². The average Bonchev–Trinajstić information content (AvgIpc) is 3.28. The van der Waals surface area contributed by atoms with Crippen LogP contribution in [0.5, 0.6) is 0 Å². The van der Waals surface area contributed by atoms with Gasteiger partial charge < -0.3 is 0 Å². The van der Waals surface area contributed by atoms with Crippen LogP contribution in [0.3, 0.4) is 0 Å². The summed E-state index contributed by atoms with van der Waals surface area (Å²) in [6.07, 6.45) is 0. The lowest BCUT2D eigenvalue weighted by molar-refractivity contribution is 0.596. The molecule has 33 heavy (non-hydrogen) atoms. The Morgan fingerprint density at radius 1 is 0.667 bits per heavy atom. The molecule has 5 aromatic rings. The second-order valence-corrected chi connectivity index (χ2v) is 9.02. The molecule has 9 heteroatoms. The lowest BCUT2D eigenvalue weighted by atomic mass is 10.1. The van der Waals surface area contributed by atoms with E-state index in [0.29, 0.717) is 0 Å². The first-order valence-electron chi connectivity index (χ1n) is 13.3. The van der Waals surface area contributed by atoms with E-state index in [2.05, 4.69) is 0 Å². The van der Waals surface area contributed by atoms with Crippen molar-refractivity contribution in [2.75, 3.05) is 0 Å². The molecule has 2 heterocycles. The SMILES string of the molecule is [2H]c1c([2H])c(S(=O)(=O)c2c([2H])c([2H])c(-n3c(=O)c4cc5c(=O)n(C)c(=O)c5cc4c3=O)c([2H])c2[2H])c([2H])c([2H])c1C. The van der Waals surface area contributed by atoms with E-state index in [0.717, 1.165) is 16.7 Å². The number of hydrogen-bond acceptors (Lipinski definition) is 6. The first-order chi connectivity index (χ1) is 19.0. The molecule has 0 aliphatic heterocycles. The van der Waals surface area contributed by atoms with Gasteiger partial charge >= 0.3 is 0 Å². The number of hydrogen-bond donors (Lipinski definition) is 0. The summed E-state index contributed by atoms with van der Waals surface area (Å²) in [5.41, 5.74) is -4.79. The van der Waals surface area contributed by atoms with E-state index in [1.54, 1.807) is 0 Å². The van der Waals surface area contributed by atoms with Gasteiger partial charge in [0.2, 0.25) is 9.84 Å². The van der Waals surface area contributed by atoms with Gasteiger partial charge in [0.05, 0.1) is 48.0 Å². The van der Waals surface area contributed by atoms with E-state index in [4.69, 9.17) is 11.0 Å². The molecule has 164 valence electrons. The Hall–Kier alpha value is -4.11. The van der Waals surface area contributed by atoms with E-state index in [1.165, 1.54) is 14.0 Å². The molecule has 0 bridgehead atoms. The summed E-state index contributed by atoms with van der Waals surface area (Å²) in [4.78, 5) is 48.9. The molecule has 0 spiro atoms. The van der Waals surface area contributed by atoms with Gasteiger partial charge in [-0.25, -0.2) is 13.0 Å². The number of aromatic nitrogens is 2. The highest BCUT2D eigenvalue weighted by Crippen LogP contribution is 2.22. The average molecular weight is 469 g/mol. The summed E-state index contributed by atoms with van der Waals surface area (Å²) in [5, 5.41) is -0.999. The van der Waals surface area contributed by atoms with Crippen molar-refractivity contribution in [2.45, 2.75) is 16.7 Å². The molecule has 0 atom stereocenters. The molecule has 3 aromatic carbocycles. The Kier molecular flexibility index (Phi) is 2.83. The predicted octanol–water partition coefficient (Wildman–Crippen LogP) is 1.58. The highest BCUT2D eigenvalue weighted by molar-refractivity contribution is 7.91. The molecule has 0 aliphatic rings. The Morgan fingerprint density at radius 2 is 1.06 bits per heavy atom. The lowest BCUT2D eigenvalue weighted by Crippen LogP contribution is -2.23. The van der Waals surface area contributed by atoms with Gasteiger partial charge in [0.1, 0.15) is 0 Å². The molecular formula is C24H16N2O6S. The molecular weight excluding hydrogens is 444 g/mol. The molecule has 0 unspecified atom stereocenters. The zero-order valence-corrected chi connectivity index (χ0v) is 17.7. The summed E-state index contributed by atoms with van der Waals surface area (Å²) < 4.78 is 93.9. The van der Waals surface area contributed by atoms with Crippen molar-refractivity contribution < 1.29 is 19.4 Å². The molecule has 0 aliphatic carbocycles. The fraction of sp³-hybridized carbons (Fsp3) is 0.0833. The summed E-state index contributed by atoms with van der Waals surface area (Å²) in [7, 11) is -4.00. The fourth-order valence-electron chi connectivity index (χ4n) is 3.44. The van der Waals surface area contributed by atoms with Crippen molar-refractivity contribution in [1.29, 1.82) is 0 Å². The lowest BCUT2D eigenvalue weighted by Gasteiger charge is -2.06. The van der Waals surface area contributed by atoms with Crippen LogP contribution < -0.4 is 22.2 Å². The van der Waals surface area contributed by atoms with Crippen LogP contribution in [0.15, 0.2) is 89.4 Å². The maximum Gasteiger partial charge on any atom is 0.266 e. The minimum atomic E-state index is -5.21. The Balaban J connectivity index is 1.86. The van der Waals surface area contributed by atoms with Gasteiger partial charge in [-0.3, -0.25) is 23.7 Å². The van der Waals surface area contributed by atoms with E-state index >= 15 is 0 Å². The normalized spacial score (nSPS) is 15.5. The van der Waals surface area contributed by atoms with Gasteiger partial charge in [0.15, 0.2) is 0 Å². The van der Waals surface area contributed by atoms with Gasteiger partial charge in [-0.15, -0.1) is 0 Å². The maximum absolute atomic E-state index is 13.6. The van der Waals surface area contributed by atoms with E-state index in [1.807, 2.05) is 0 Å². The second-order valence-electron chi connectivity index (χ2n) is 7.19. The standard InChI is InChI=1S/C24H16N2O6S/c1-13-3-7-15(8-4-13)33(31,32)16-9-5-14(6-10-16)26-23(29)19-11-17-18(12-20(19)24(26)30)22(28)25(2)21(17)27/h3-12H,1-2H3/i3D,4D,5D,6D,7D,8D,9D,10D. The van der Waals surface area contributed by atoms with Crippen LogP contribution in [0, 0.1) is 6.92 Å². The largest absolute Gasteiger partial charge is 0.277 e. The zero-order chi connectivity index (χ0) is 30.6. The third-order valence-corrected chi connectivity index (χ3v) is 6.65. The second kappa shape index (κ2) is 6.94. The zero-order valence-electron chi connectivity index (χ0n) is 24.9. The quantitative estimate of drug-likeness (QED) is 0.397. The van der Waals surface area contributed by atoms with E-state index < -0.39 is 95.9 Å². The van der Waals surface area contributed by atoms with Crippen molar-refractivity contribution in [3.05, 3.63) is 107 Å². The van der Waals surface area contributed by atoms with Crippen molar-refractivity contribution in [2.24, 2.45) is 7.05 Å². The van der Waals surface area contributed by atoms with E-state index in [-0.39, 0.29) is 31.7 Å². The minimum Gasteiger partial charge on any atom is -0.277 e. The monoisotopic (exact) mass is 468 g/mol. The summed E-state index contributed by atoms with van der Waals surface area (Å²) in [6, 6.07) is -6.00. The van der Waals surface area contributed by atoms with Crippen LogP contribution in [0.25, 0.3) is 27.2 Å². The third kappa shape index (κ3) is 2.93. The highest BCUT2D eigenvalue weighted by Gasteiger charge is 2.21. The van der Waals surface area contributed by atoms with Crippen molar-refractivity contribution >= 4 is 31.4 Å². The molecule has 2 aromatic heterocycles. The maximum atomic E-state index is 13.6. The topological polar surface area (TPSA) is 112 Å². The Labute approximate surface area is 197 Å². The van der Waals surface area contributed by atoms with Crippen LogP contribution in [-0.2, 0) is 16.9 Å². The van der Waals surface area contributed by atoms with Crippen LogP contribution in [0.2, 0.25) is 0 Å². The molecule has 0 fully saturated rings. The predicted molar refractivity (Wildman–Crippen MR) is 124 cm³/mol. The number of rotatable bonds is 3. The van der Waals surface area contributed by atoms with Crippen LogP contribution >= 0.6 is 0 Å². The van der Waals surface area contributed by atoms with Gasteiger partial charge in [-0.2, -0.15) is 0 Å². The van der Waals surface area contributed by atoms with E-state index in [9.17, 15) is 27.6 Å². The van der Waals surface area contributed by atoms with Crippen molar-refractivity contribution in [3.63, 3.8) is 0 Å². The van der Waals surface area contributed by atoms with Gasteiger partial charge in [0, 0.05) is 7.05 Å². The number of nitrogens with zero attached hydrogens (tertiary/aromatic N) is 2. The Bertz CT molecular complexity index is 2230. The molecule has 0 saturated carbocycles. The minimum absolute atomic E-state index is 0.152. The van der Waals surface area contributed by atoms with Crippen molar-refractivity contribution in [3.8, 4) is 5.69 Å². The number of fused-ring (bicyclic) bond motifs is 2. The highest BCUT2D eigenvalue weighted by atomic mass is 32.2. The number of benzene rings is 3. The summed E-state index contributed by atoms with van der Waals surface area (Å²) in [5.74, 6) is 0. The van der Waals surface area contributed by atoms with Crippen LogP contribution in [-0.4, -0.2) is 17.6 Å². The first-order valence-corrected chi connectivity index (χ1v) is 10.8. The van der Waals surface area contributed by atoms with Crippen LogP contribution in [0.4, 0.5) is 0 Å². The molecule has 0 amide bonds. The van der Waals surface area contributed by atoms with Gasteiger partial charge in [-0.1, -0.05) is 17.6 Å². The summed E-state index contributed by atoms with van der Waals surface area (Å²) >= 11 is 0.